The van der Waals surface area contributed by atoms with Gasteiger partial charge in [-0.2, -0.15) is 0 Å². The van der Waals surface area contributed by atoms with Crippen LogP contribution >= 0.6 is 0 Å². The summed E-state index contributed by atoms with van der Waals surface area (Å²) in [6, 6.07) is 5.13. The Morgan fingerprint density at radius 3 is 2.48 bits per heavy atom. The van der Waals surface area contributed by atoms with E-state index in [1.807, 2.05) is 6.92 Å². The lowest BCUT2D eigenvalue weighted by Gasteiger charge is -2.39. The summed E-state index contributed by atoms with van der Waals surface area (Å²) in [5, 5.41) is 12.5. The summed E-state index contributed by atoms with van der Waals surface area (Å²) >= 11 is 0. The van der Waals surface area contributed by atoms with Crippen LogP contribution in [0, 0.1) is 5.92 Å². The molecule has 0 aliphatic heterocycles. The monoisotopic (exact) mass is 375 g/mol. The molecule has 2 N–H and O–H groups in total. The van der Waals surface area contributed by atoms with Gasteiger partial charge < -0.3 is 19.9 Å². The molecule has 0 bridgehead atoms. The molecule has 6 nitrogen and oxygen atoms in total. The van der Waals surface area contributed by atoms with Crippen molar-refractivity contribution in [3.05, 3.63) is 23.8 Å². The van der Waals surface area contributed by atoms with Crippen LogP contribution < -0.4 is 14.8 Å². The molecule has 27 heavy (non-hydrogen) atoms. The van der Waals surface area contributed by atoms with Crippen molar-refractivity contribution in [2.75, 3.05) is 7.11 Å². The third kappa shape index (κ3) is 4.37. The van der Waals surface area contributed by atoms with Crippen LogP contribution in [0.3, 0.4) is 0 Å². The highest BCUT2D eigenvalue weighted by Gasteiger charge is 2.42. The Balaban J connectivity index is 1.78. The Kier molecular flexibility index (Phi) is 5.92. The number of aliphatic carboxylic acids is 1. The van der Waals surface area contributed by atoms with Crippen molar-refractivity contribution in [2.45, 2.75) is 69.9 Å². The molecule has 0 radical (unpaired) electrons. The van der Waals surface area contributed by atoms with Crippen LogP contribution in [0.15, 0.2) is 18.2 Å². The van der Waals surface area contributed by atoms with Crippen molar-refractivity contribution in [1.82, 2.24) is 5.32 Å². The molecule has 0 aromatic heterocycles. The molecule has 1 aromatic carbocycles. The van der Waals surface area contributed by atoms with E-state index in [0.717, 1.165) is 38.5 Å². The van der Waals surface area contributed by atoms with Crippen molar-refractivity contribution in [3.63, 3.8) is 0 Å². The highest BCUT2D eigenvalue weighted by atomic mass is 16.5. The standard InChI is InChI=1S/C21H29NO5/c1-21(12-6-5-9-16(21)20(24)25)22-19(23)14-10-11-17(26-2)18(13-14)27-15-7-3-4-8-15/h10-11,13,15-16H,3-9,12H2,1-2H3,(H,22,23)(H,24,25). The van der Waals surface area contributed by atoms with Crippen LogP contribution in [0.25, 0.3) is 0 Å². The largest absolute Gasteiger partial charge is 0.493 e. The van der Waals surface area contributed by atoms with E-state index in [-0.39, 0.29) is 12.0 Å². The first kappa shape index (κ1) is 19.5. The maximum Gasteiger partial charge on any atom is 0.308 e. The lowest BCUT2D eigenvalue weighted by molar-refractivity contribution is -0.145. The second-order valence-electron chi connectivity index (χ2n) is 7.90. The normalized spacial score (nSPS) is 25.8. The van der Waals surface area contributed by atoms with Crippen LogP contribution in [0.4, 0.5) is 0 Å². The topological polar surface area (TPSA) is 84.9 Å². The fourth-order valence-electron chi connectivity index (χ4n) is 4.31. The Morgan fingerprint density at radius 1 is 1.11 bits per heavy atom. The Hall–Kier alpha value is -2.24. The smallest absolute Gasteiger partial charge is 0.308 e. The fourth-order valence-corrected chi connectivity index (χ4v) is 4.31. The van der Waals surface area contributed by atoms with E-state index in [0.29, 0.717) is 29.9 Å². The molecule has 3 rings (SSSR count). The molecule has 148 valence electrons. The number of hydrogen-bond acceptors (Lipinski definition) is 4. The molecule has 6 heteroatoms. The Bertz CT molecular complexity index is 698. The van der Waals surface area contributed by atoms with E-state index in [1.54, 1.807) is 25.3 Å². The zero-order chi connectivity index (χ0) is 19.4. The first-order valence-electron chi connectivity index (χ1n) is 9.83. The molecular weight excluding hydrogens is 346 g/mol. The van der Waals surface area contributed by atoms with Crippen molar-refractivity contribution in [2.24, 2.45) is 5.92 Å². The van der Waals surface area contributed by atoms with Crippen LogP contribution in [-0.4, -0.2) is 35.7 Å². The van der Waals surface area contributed by atoms with Gasteiger partial charge in [0, 0.05) is 5.56 Å². The van der Waals surface area contributed by atoms with Gasteiger partial charge in [0.15, 0.2) is 11.5 Å². The average molecular weight is 375 g/mol. The van der Waals surface area contributed by atoms with Crippen molar-refractivity contribution < 1.29 is 24.2 Å². The molecule has 0 saturated heterocycles. The second-order valence-corrected chi connectivity index (χ2v) is 7.90. The molecule has 1 amide bonds. The third-order valence-corrected chi connectivity index (χ3v) is 5.93. The highest BCUT2D eigenvalue weighted by molar-refractivity contribution is 5.95. The SMILES string of the molecule is COc1ccc(C(=O)NC2(C)CCCCC2C(=O)O)cc1OC1CCCC1. The van der Waals surface area contributed by atoms with Gasteiger partial charge >= 0.3 is 5.97 Å². The Labute approximate surface area is 160 Å². The lowest BCUT2D eigenvalue weighted by Crippen LogP contribution is -2.55. The molecule has 1 aromatic rings. The van der Waals surface area contributed by atoms with Gasteiger partial charge in [-0.1, -0.05) is 12.8 Å². The number of carboxylic acid groups (broad SMARTS) is 1. The molecule has 2 atom stereocenters. The summed E-state index contributed by atoms with van der Waals surface area (Å²) in [5.41, 5.74) is -0.284. The number of methoxy groups -OCH3 is 1. The molecule has 2 unspecified atom stereocenters. The third-order valence-electron chi connectivity index (χ3n) is 5.93. The van der Waals surface area contributed by atoms with Gasteiger partial charge in [0.25, 0.3) is 5.91 Å². The summed E-state index contributed by atoms with van der Waals surface area (Å²) < 4.78 is 11.4. The second kappa shape index (κ2) is 8.19. The Morgan fingerprint density at radius 2 is 1.81 bits per heavy atom. The van der Waals surface area contributed by atoms with E-state index in [1.165, 1.54) is 0 Å². The van der Waals surface area contributed by atoms with Crippen molar-refractivity contribution >= 4 is 11.9 Å². The molecule has 0 heterocycles. The van der Waals surface area contributed by atoms with Gasteiger partial charge in [-0.15, -0.1) is 0 Å². The molecule has 2 saturated carbocycles. The van der Waals surface area contributed by atoms with E-state index in [4.69, 9.17) is 9.47 Å². The number of carbonyl (C=O) groups is 2. The van der Waals surface area contributed by atoms with E-state index < -0.39 is 17.4 Å². The highest BCUT2D eigenvalue weighted by Crippen LogP contribution is 2.35. The summed E-state index contributed by atoms with van der Waals surface area (Å²) in [4.78, 5) is 24.5. The van der Waals surface area contributed by atoms with Gasteiger partial charge in [0.2, 0.25) is 0 Å². The maximum atomic E-state index is 12.9. The zero-order valence-electron chi connectivity index (χ0n) is 16.1. The number of rotatable bonds is 6. The number of ether oxygens (including phenoxy) is 2. The predicted octanol–water partition coefficient (Wildman–Crippen LogP) is 3.78. The number of carbonyl (C=O) groups excluding carboxylic acids is 1. The molecule has 0 spiro atoms. The van der Waals surface area contributed by atoms with Crippen LogP contribution in [0.2, 0.25) is 0 Å². The first-order chi connectivity index (χ1) is 12.9. The minimum absolute atomic E-state index is 0.157. The van der Waals surface area contributed by atoms with Gasteiger partial charge in [-0.25, -0.2) is 0 Å². The summed E-state index contributed by atoms with van der Waals surface area (Å²) in [5.74, 6) is -0.518. The number of amides is 1. The molecular formula is C21H29NO5. The quantitative estimate of drug-likeness (QED) is 0.790. The average Bonchev–Trinajstić information content (AvgIpc) is 3.14. The number of hydrogen-bond donors (Lipinski definition) is 2. The summed E-state index contributed by atoms with van der Waals surface area (Å²) in [6.45, 7) is 1.84. The number of carboxylic acids is 1. The van der Waals surface area contributed by atoms with Crippen LogP contribution in [0.1, 0.15) is 68.6 Å². The lowest BCUT2D eigenvalue weighted by atomic mass is 9.73. The fraction of sp³-hybridized carbons (Fsp3) is 0.619. The van der Waals surface area contributed by atoms with Gasteiger partial charge in [0.1, 0.15) is 0 Å². The van der Waals surface area contributed by atoms with Crippen molar-refractivity contribution in [3.8, 4) is 11.5 Å². The van der Waals surface area contributed by atoms with Crippen LogP contribution in [0.5, 0.6) is 11.5 Å². The minimum atomic E-state index is -0.850. The number of nitrogens with one attached hydrogen (secondary N) is 1. The summed E-state index contributed by atoms with van der Waals surface area (Å²) in [7, 11) is 1.58. The van der Waals surface area contributed by atoms with E-state index >= 15 is 0 Å². The minimum Gasteiger partial charge on any atom is -0.493 e. The van der Waals surface area contributed by atoms with E-state index in [2.05, 4.69) is 5.32 Å². The van der Waals surface area contributed by atoms with E-state index in [9.17, 15) is 14.7 Å². The summed E-state index contributed by atoms with van der Waals surface area (Å²) in [6.07, 6.45) is 7.54. The molecule has 2 fully saturated rings. The first-order valence-corrected chi connectivity index (χ1v) is 9.83. The van der Waals surface area contributed by atoms with Gasteiger partial charge in [-0.05, 0) is 63.6 Å². The predicted molar refractivity (Wildman–Crippen MR) is 101 cm³/mol. The van der Waals surface area contributed by atoms with Crippen LogP contribution in [-0.2, 0) is 4.79 Å². The van der Waals surface area contributed by atoms with Gasteiger partial charge in [-0.3, -0.25) is 9.59 Å². The molecule has 2 aliphatic carbocycles. The molecule has 2 aliphatic rings. The maximum absolute atomic E-state index is 12.9. The number of benzene rings is 1. The van der Waals surface area contributed by atoms with Crippen molar-refractivity contribution in [1.29, 1.82) is 0 Å². The zero-order valence-corrected chi connectivity index (χ0v) is 16.1. The van der Waals surface area contributed by atoms with Gasteiger partial charge in [0.05, 0.1) is 24.7 Å².